The van der Waals surface area contributed by atoms with Crippen LogP contribution in [-0.4, -0.2) is 24.2 Å². The quantitative estimate of drug-likeness (QED) is 0.405. The van der Waals surface area contributed by atoms with Crippen molar-refractivity contribution in [1.29, 1.82) is 0 Å². The Balaban J connectivity index is 1.75. The lowest BCUT2D eigenvalue weighted by molar-refractivity contribution is -0.153. The molecule has 3 aromatic carbocycles. The van der Waals surface area contributed by atoms with Crippen LogP contribution in [-0.2, 0) is 14.3 Å². The van der Waals surface area contributed by atoms with Gasteiger partial charge in [0.15, 0.2) is 0 Å². The van der Waals surface area contributed by atoms with Crippen LogP contribution in [0.5, 0.6) is 5.75 Å². The smallest absolute Gasteiger partial charge is 0.320 e. The molecule has 0 saturated heterocycles. The lowest BCUT2D eigenvalue weighted by Gasteiger charge is -2.20. The fraction of sp³-hybridized carbons (Fsp3) is 0.167. The van der Waals surface area contributed by atoms with E-state index in [-0.39, 0.29) is 0 Å². The zero-order valence-electron chi connectivity index (χ0n) is 16.8. The van der Waals surface area contributed by atoms with Gasteiger partial charge in [-0.2, -0.15) is 0 Å². The fourth-order valence-corrected chi connectivity index (χ4v) is 3.65. The normalized spacial score (nSPS) is 12.5. The highest BCUT2D eigenvalue weighted by atomic mass is 32.2. The van der Waals surface area contributed by atoms with Gasteiger partial charge in [0.2, 0.25) is 6.10 Å². The number of hydrogen-bond donors (Lipinski definition) is 1. The van der Waals surface area contributed by atoms with Gasteiger partial charge >= 0.3 is 5.97 Å². The molecule has 3 aromatic rings. The molecule has 5 nitrogen and oxygen atoms in total. The summed E-state index contributed by atoms with van der Waals surface area (Å²) in [6.45, 7) is 1.77. The third kappa shape index (κ3) is 5.87. The summed E-state index contributed by atoms with van der Waals surface area (Å²) in [6, 6.07) is 25.6. The third-order valence-corrected chi connectivity index (χ3v) is 5.39. The van der Waals surface area contributed by atoms with Gasteiger partial charge in [-0.15, -0.1) is 11.8 Å². The Kier molecular flexibility index (Phi) is 7.51. The number of rotatable bonds is 8. The SMILES string of the molecule is COc1cccc(NC(=O)[C@@H](OC(=O)[C@H](C)Sc2ccccc2)c2ccccc2)c1. The maximum absolute atomic E-state index is 13.0. The molecule has 0 aromatic heterocycles. The van der Waals surface area contributed by atoms with Gasteiger partial charge < -0.3 is 14.8 Å². The molecule has 6 heteroatoms. The summed E-state index contributed by atoms with van der Waals surface area (Å²) >= 11 is 1.39. The molecular weight excluding hydrogens is 398 g/mol. The Bertz CT molecular complexity index is 979. The number of nitrogens with one attached hydrogen (secondary N) is 1. The Morgan fingerprint density at radius 3 is 2.23 bits per heavy atom. The number of benzene rings is 3. The van der Waals surface area contributed by atoms with E-state index in [9.17, 15) is 9.59 Å². The van der Waals surface area contributed by atoms with Gasteiger partial charge in [0.1, 0.15) is 11.0 Å². The summed E-state index contributed by atoms with van der Waals surface area (Å²) in [7, 11) is 1.56. The van der Waals surface area contributed by atoms with Gasteiger partial charge in [-0.1, -0.05) is 54.6 Å². The number of ether oxygens (including phenoxy) is 2. The first-order valence-corrected chi connectivity index (χ1v) is 10.4. The first-order valence-electron chi connectivity index (χ1n) is 9.49. The molecule has 0 saturated carbocycles. The fourth-order valence-electron chi connectivity index (χ4n) is 2.77. The molecule has 0 aliphatic rings. The van der Waals surface area contributed by atoms with Gasteiger partial charge in [0.25, 0.3) is 5.91 Å². The van der Waals surface area contributed by atoms with Crippen LogP contribution in [0, 0.1) is 0 Å². The molecule has 154 valence electrons. The topological polar surface area (TPSA) is 64.6 Å². The lowest BCUT2D eigenvalue weighted by atomic mass is 10.1. The number of amides is 1. The van der Waals surface area contributed by atoms with Gasteiger partial charge in [0, 0.05) is 22.2 Å². The molecule has 2 atom stereocenters. The van der Waals surface area contributed by atoms with Gasteiger partial charge in [0.05, 0.1) is 7.11 Å². The highest BCUT2D eigenvalue weighted by Gasteiger charge is 2.28. The van der Waals surface area contributed by atoms with Crippen molar-refractivity contribution in [2.45, 2.75) is 23.2 Å². The molecule has 0 heterocycles. The van der Waals surface area contributed by atoms with Crippen molar-refractivity contribution in [3.63, 3.8) is 0 Å². The maximum Gasteiger partial charge on any atom is 0.320 e. The van der Waals surface area contributed by atoms with E-state index in [0.717, 1.165) is 4.90 Å². The first kappa shape index (κ1) is 21.5. The van der Waals surface area contributed by atoms with Crippen LogP contribution < -0.4 is 10.1 Å². The largest absolute Gasteiger partial charge is 0.497 e. The predicted octanol–water partition coefficient (Wildman–Crippen LogP) is 5.10. The molecule has 0 spiro atoms. The molecule has 0 aliphatic carbocycles. The standard InChI is InChI=1S/C24H23NO4S/c1-17(30-21-14-7-4-8-15-21)24(27)29-22(18-10-5-3-6-11-18)23(26)25-19-12-9-13-20(16-19)28-2/h3-17,22H,1-2H3,(H,25,26)/t17-,22-/m0/s1. The zero-order chi connectivity index (χ0) is 21.3. The van der Waals surface area contributed by atoms with E-state index < -0.39 is 23.2 Å². The summed E-state index contributed by atoms with van der Waals surface area (Å²) in [4.78, 5) is 26.7. The molecule has 1 amide bonds. The number of esters is 1. The second-order valence-electron chi connectivity index (χ2n) is 6.52. The highest BCUT2D eigenvalue weighted by molar-refractivity contribution is 8.00. The van der Waals surface area contributed by atoms with Crippen LogP contribution in [0.2, 0.25) is 0 Å². The molecule has 3 rings (SSSR count). The second kappa shape index (κ2) is 10.5. The number of carbonyl (C=O) groups excluding carboxylic acids is 2. The molecule has 0 bridgehead atoms. The van der Waals surface area contributed by atoms with Crippen LogP contribution in [0.1, 0.15) is 18.6 Å². The van der Waals surface area contributed by atoms with E-state index in [1.807, 2.05) is 36.4 Å². The van der Waals surface area contributed by atoms with E-state index in [4.69, 9.17) is 9.47 Å². The number of carbonyl (C=O) groups is 2. The minimum atomic E-state index is -1.07. The van der Waals surface area contributed by atoms with Gasteiger partial charge in [-0.3, -0.25) is 9.59 Å². The summed E-state index contributed by atoms with van der Waals surface area (Å²) in [5.74, 6) is -0.271. The Labute approximate surface area is 180 Å². The monoisotopic (exact) mass is 421 g/mol. The van der Waals surface area contributed by atoms with Crippen molar-refractivity contribution >= 4 is 29.3 Å². The van der Waals surface area contributed by atoms with Crippen molar-refractivity contribution < 1.29 is 19.1 Å². The lowest BCUT2D eigenvalue weighted by Crippen LogP contribution is -2.28. The maximum atomic E-state index is 13.0. The van der Waals surface area contributed by atoms with Crippen LogP contribution >= 0.6 is 11.8 Å². The summed E-state index contributed by atoms with van der Waals surface area (Å²) in [5.41, 5.74) is 1.16. The van der Waals surface area contributed by atoms with E-state index in [2.05, 4.69) is 5.32 Å². The van der Waals surface area contributed by atoms with Crippen LogP contribution in [0.3, 0.4) is 0 Å². The highest BCUT2D eigenvalue weighted by Crippen LogP contribution is 2.27. The van der Waals surface area contributed by atoms with Crippen LogP contribution in [0.15, 0.2) is 89.8 Å². The molecule has 0 fully saturated rings. The summed E-state index contributed by atoms with van der Waals surface area (Å²) in [5, 5.41) is 2.34. The Morgan fingerprint density at radius 1 is 0.900 bits per heavy atom. The average molecular weight is 422 g/mol. The predicted molar refractivity (Wildman–Crippen MR) is 119 cm³/mol. The van der Waals surface area contributed by atoms with Crippen molar-refractivity contribution in [3.8, 4) is 5.75 Å². The summed E-state index contributed by atoms with van der Waals surface area (Å²) < 4.78 is 10.9. The molecule has 0 aliphatic heterocycles. The van der Waals surface area contributed by atoms with Crippen LogP contribution in [0.25, 0.3) is 0 Å². The second-order valence-corrected chi connectivity index (χ2v) is 7.94. The zero-order valence-corrected chi connectivity index (χ0v) is 17.6. The van der Waals surface area contributed by atoms with E-state index in [1.165, 1.54) is 11.8 Å². The molecular formula is C24H23NO4S. The number of anilines is 1. The van der Waals surface area contributed by atoms with Crippen molar-refractivity contribution in [2.24, 2.45) is 0 Å². The molecule has 1 N–H and O–H groups in total. The minimum Gasteiger partial charge on any atom is -0.497 e. The number of methoxy groups -OCH3 is 1. The van der Waals surface area contributed by atoms with Crippen molar-refractivity contribution in [1.82, 2.24) is 0 Å². The van der Waals surface area contributed by atoms with Gasteiger partial charge in [-0.25, -0.2) is 0 Å². The van der Waals surface area contributed by atoms with E-state index >= 15 is 0 Å². The molecule has 0 unspecified atom stereocenters. The Hall–Kier alpha value is -3.25. The third-order valence-electron chi connectivity index (χ3n) is 4.30. The van der Waals surface area contributed by atoms with E-state index in [0.29, 0.717) is 17.0 Å². The van der Waals surface area contributed by atoms with Crippen molar-refractivity contribution in [2.75, 3.05) is 12.4 Å². The summed E-state index contributed by atoms with van der Waals surface area (Å²) in [6.07, 6.45) is -1.07. The number of thioether (sulfide) groups is 1. The van der Waals surface area contributed by atoms with Gasteiger partial charge in [-0.05, 0) is 31.2 Å². The van der Waals surface area contributed by atoms with E-state index in [1.54, 1.807) is 62.6 Å². The van der Waals surface area contributed by atoms with Crippen molar-refractivity contribution in [3.05, 3.63) is 90.5 Å². The number of hydrogen-bond acceptors (Lipinski definition) is 5. The molecule has 0 radical (unpaired) electrons. The van der Waals surface area contributed by atoms with Crippen LogP contribution in [0.4, 0.5) is 5.69 Å². The first-order chi connectivity index (χ1) is 14.6. The minimum absolute atomic E-state index is 0.431. The average Bonchev–Trinajstić information content (AvgIpc) is 2.78. The Morgan fingerprint density at radius 2 is 1.57 bits per heavy atom. The molecule has 30 heavy (non-hydrogen) atoms.